The van der Waals surface area contributed by atoms with Crippen LogP contribution in [0.3, 0.4) is 0 Å². The van der Waals surface area contributed by atoms with E-state index in [1.54, 1.807) is 13.0 Å². The Balaban J connectivity index is 1.82. The molecular formula is C20H24N5O2+. The van der Waals surface area contributed by atoms with Gasteiger partial charge in [-0.2, -0.15) is 0 Å². The molecule has 7 nitrogen and oxygen atoms in total. The van der Waals surface area contributed by atoms with Crippen molar-refractivity contribution < 1.29 is 14.4 Å². The van der Waals surface area contributed by atoms with Gasteiger partial charge in [-0.05, 0) is 31.2 Å². The zero-order chi connectivity index (χ0) is 19.2. The third-order valence-corrected chi connectivity index (χ3v) is 5.34. The smallest absolute Gasteiger partial charge is 0.185 e. The van der Waals surface area contributed by atoms with E-state index in [4.69, 9.17) is 10.1 Å². The molecule has 7 heteroatoms. The quantitative estimate of drug-likeness (QED) is 0.654. The first kappa shape index (κ1) is 17.5. The fourth-order valence-corrected chi connectivity index (χ4v) is 3.39. The summed E-state index contributed by atoms with van der Waals surface area (Å²) in [7, 11) is 4.47. The van der Waals surface area contributed by atoms with Crippen molar-refractivity contribution in [3.05, 3.63) is 47.9 Å². The molecule has 0 bridgehead atoms. The number of carbonyl (C=O) groups excluding carboxylic acids is 1. The van der Waals surface area contributed by atoms with Crippen molar-refractivity contribution in [3.63, 3.8) is 0 Å². The predicted molar refractivity (Wildman–Crippen MR) is 106 cm³/mol. The van der Waals surface area contributed by atoms with Crippen LogP contribution >= 0.6 is 0 Å². The van der Waals surface area contributed by atoms with Crippen LogP contribution < -0.4 is 4.90 Å². The van der Waals surface area contributed by atoms with Crippen LogP contribution in [0.2, 0.25) is 0 Å². The number of allylic oxidation sites excluding steroid dienone is 3. The Morgan fingerprint density at radius 2 is 1.93 bits per heavy atom. The minimum atomic E-state index is -0.192. The number of ketones is 1. The average molecular weight is 366 g/mol. The number of aliphatic hydroxyl groups is 1. The van der Waals surface area contributed by atoms with Crippen molar-refractivity contribution in [1.82, 2.24) is 9.61 Å². The lowest BCUT2D eigenvalue weighted by molar-refractivity contribution is -0.890. The van der Waals surface area contributed by atoms with E-state index in [1.165, 1.54) is 6.08 Å². The number of hydrogen-bond acceptors (Lipinski definition) is 5. The van der Waals surface area contributed by atoms with Crippen molar-refractivity contribution in [3.8, 4) is 0 Å². The van der Waals surface area contributed by atoms with Crippen molar-refractivity contribution >= 4 is 28.5 Å². The number of hydrogen-bond donors (Lipinski definition) is 1. The minimum absolute atomic E-state index is 0.0693. The van der Waals surface area contributed by atoms with Crippen LogP contribution in [0, 0.1) is 0 Å². The van der Waals surface area contributed by atoms with Crippen LogP contribution in [0.1, 0.15) is 6.92 Å². The van der Waals surface area contributed by atoms with Gasteiger partial charge in [0.25, 0.3) is 0 Å². The maximum atomic E-state index is 11.8. The molecule has 0 amide bonds. The molecule has 0 saturated carbocycles. The topological polar surface area (TPSA) is 70.2 Å². The summed E-state index contributed by atoms with van der Waals surface area (Å²) < 4.78 is 2.80. The number of aliphatic hydroxyl groups excluding tert-OH is 1. The second-order valence-corrected chi connectivity index (χ2v) is 7.74. The van der Waals surface area contributed by atoms with E-state index < -0.39 is 0 Å². The molecule has 1 saturated heterocycles. The highest BCUT2D eigenvalue weighted by molar-refractivity contribution is 6.21. The molecule has 2 aromatic heterocycles. The molecule has 1 aliphatic carbocycles. The number of nitrogens with zero attached hydrogens (tertiary/aromatic N) is 5. The van der Waals surface area contributed by atoms with Crippen LogP contribution in [0.15, 0.2) is 52.9 Å². The molecule has 0 aromatic carbocycles. The maximum Gasteiger partial charge on any atom is 0.185 e. The molecule has 2 aliphatic rings. The molecule has 3 heterocycles. The molecule has 2 aromatic rings. The summed E-state index contributed by atoms with van der Waals surface area (Å²) >= 11 is 0. The normalized spacial score (nSPS) is 21.5. The number of aromatic nitrogens is 2. The Morgan fingerprint density at radius 1 is 1.19 bits per heavy atom. The van der Waals surface area contributed by atoms with Crippen LogP contribution in [0.25, 0.3) is 5.52 Å². The zero-order valence-corrected chi connectivity index (χ0v) is 15.9. The summed E-state index contributed by atoms with van der Waals surface area (Å²) in [4.78, 5) is 18.7. The van der Waals surface area contributed by atoms with Crippen molar-refractivity contribution in [1.29, 1.82) is 0 Å². The average Bonchev–Trinajstić information content (AvgIpc) is 3.01. The van der Waals surface area contributed by atoms with Gasteiger partial charge < -0.3 is 14.5 Å². The third kappa shape index (κ3) is 3.14. The number of anilines is 1. The Hall–Kier alpha value is -2.93. The number of likely N-dealkylation sites (N-methyl/N-ethyl adjacent to an activating group) is 1. The number of fused-ring (bicyclic) bond motifs is 1. The maximum absolute atomic E-state index is 11.8. The molecule has 0 spiro atoms. The fraction of sp³-hybridized carbons (Fsp3) is 0.350. The summed E-state index contributed by atoms with van der Waals surface area (Å²) in [5, 5.41) is 15.1. The Morgan fingerprint density at radius 3 is 2.67 bits per heavy atom. The molecule has 1 N–H and O–H groups in total. The molecule has 0 radical (unpaired) electrons. The van der Waals surface area contributed by atoms with E-state index in [0.717, 1.165) is 47.7 Å². The first-order valence-corrected chi connectivity index (χ1v) is 9.11. The van der Waals surface area contributed by atoms with Crippen LogP contribution in [0.4, 0.5) is 11.5 Å². The van der Waals surface area contributed by atoms with Gasteiger partial charge in [0.05, 0.1) is 45.8 Å². The number of carbonyl (C=O) groups is 1. The van der Waals surface area contributed by atoms with Gasteiger partial charge in [-0.1, -0.05) is 6.07 Å². The van der Waals surface area contributed by atoms with Gasteiger partial charge in [-0.15, -0.1) is 5.10 Å². The number of aliphatic imine (C=N–C) groups is 1. The minimum Gasteiger partial charge on any atom is -0.505 e. The van der Waals surface area contributed by atoms with Gasteiger partial charge in [0, 0.05) is 11.8 Å². The molecule has 27 heavy (non-hydrogen) atoms. The van der Waals surface area contributed by atoms with Gasteiger partial charge in [-0.3, -0.25) is 4.79 Å². The summed E-state index contributed by atoms with van der Waals surface area (Å²) in [6.07, 6.45) is 4.91. The lowest BCUT2D eigenvalue weighted by Gasteiger charge is -2.39. The fourth-order valence-electron chi connectivity index (χ4n) is 3.39. The molecule has 0 unspecified atom stereocenters. The number of rotatable bonds is 2. The number of quaternary nitrogens is 1. The highest BCUT2D eigenvalue weighted by Crippen LogP contribution is 2.34. The summed E-state index contributed by atoms with van der Waals surface area (Å²) in [6.45, 7) is 5.46. The standard InChI is InChI=1S/C20H23N5O2/c1-14-17(26)8-7-15(19(14)27)21-18-16-6-4-5-9-24(16)22-20(18)23-10-12-25(2,3)13-11-23/h4-9H,10-13H2,1-3H3/p+1. The lowest BCUT2D eigenvalue weighted by Crippen LogP contribution is -2.55. The highest BCUT2D eigenvalue weighted by atomic mass is 16.3. The van der Waals surface area contributed by atoms with Gasteiger partial charge in [0.15, 0.2) is 11.6 Å². The Kier molecular flexibility index (Phi) is 4.11. The van der Waals surface area contributed by atoms with Gasteiger partial charge in [0.1, 0.15) is 17.2 Å². The predicted octanol–water partition coefficient (Wildman–Crippen LogP) is 2.27. The van der Waals surface area contributed by atoms with Crippen molar-refractivity contribution in [2.24, 2.45) is 4.99 Å². The third-order valence-electron chi connectivity index (χ3n) is 5.34. The van der Waals surface area contributed by atoms with Crippen molar-refractivity contribution in [2.45, 2.75) is 6.92 Å². The van der Waals surface area contributed by atoms with Gasteiger partial charge >= 0.3 is 0 Å². The van der Waals surface area contributed by atoms with Gasteiger partial charge in [0.2, 0.25) is 0 Å². The van der Waals surface area contributed by atoms with Crippen molar-refractivity contribution in [2.75, 3.05) is 45.2 Å². The second kappa shape index (κ2) is 6.35. The van der Waals surface area contributed by atoms with Gasteiger partial charge in [-0.25, -0.2) is 9.51 Å². The first-order valence-electron chi connectivity index (χ1n) is 9.11. The molecule has 0 atom stereocenters. The molecule has 140 valence electrons. The largest absolute Gasteiger partial charge is 0.505 e. The number of pyridine rings is 1. The summed E-state index contributed by atoms with van der Waals surface area (Å²) in [5.41, 5.74) is 2.29. The van der Waals surface area contributed by atoms with Crippen LogP contribution in [-0.2, 0) is 4.79 Å². The molecule has 1 aliphatic heterocycles. The lowest BCUT2D eigenvalue weighted by atomic mass is 10.0. The van der Waals surface area contributed by atoms with E-state index in [2.05, 4.69) is 19.0 Å². The van der Waals surface area contributed by atoms with E-state index in [9.17, 15) is 9.90 Å². The van der Waals surface area contributed by atoms with Crippen LogP contribution in [0.5, 0.6) is 0 Å². The molecular weight excluding hydrogens is 342 g/mol. The highest BCUT2D eigenvalue weighted by Gasteiger charge is 2.28. The van der Waals surface area contributed by atoms with E-state index in [0.29, 0.717) is 11.3 Å². The monoisotopic (exact) mass is 366 g/mol. The number of piperazine rings is 1. The van der Waals surface area contributed by atoms with E-state index >= 15 is 0 Å². The first-order chi connectivity index (χ1) is 12.9. The van der Waals surface area contributed by atoms with E-state index in [-0.39, 0.29) is 11.5 Å². The summed E-state index contributed by atoms with van der Waals surface area (Å²) in [5.74, 6) is 0.548. The van der Waals surface area contributed by atoms with Crippen LogP contribution in [-0.4, -0.2) is 71.0 Å². The second-order valence-electron chi connectivity index (χ2n) is 7.74. The Bertz CT molecular complexity index is 1000. The molecule has 1 fully saturated rings. The Labute approximate surface area is 158 Å². The zero-order valence-electron chi connectivity index (χ0n) is 15.9. The van der Waals surface area contributed by atoms with E-state index in [1.807, 2.05) is 28.9 Å². The summed E-state index contributed by atoms with van der Waals surface area (Å²) in [6, 6.07) is 5.84. The molecule has 4 rings (SSSR count). The SMILES string of the molecule is CC1=C(O)C(=Nc2c(N3CC[N+](C)(C)CC3)nn3ccccc23)C=CC1=O.